The van der Waals surface area contributed by atoms with Gasteiger partial charge in [0.2, 0.25) is 0 Å². The highest BCUT2D eigenvalue weighted by Gasteiger charge is 2.24. The Labute approximate surface area is 205 Å². The number of aliphatic imine (C=N–C) groups is 1. The first-order chi connectivity index (χ1) is 16.5. The van der Waals surface area contributed by atoms with Gasteiger partial charge in [-0.05, 0) is 56.5 Å². The van der Waals surface area contributed by atoms with Gasteiger partial charge in [0, 0.05) is 34.6 Å². The lowest BCUT2D eigenvalue weighted by Gasteiger charge is -2.39. The molecule has 0 bridgehead atoms. The van der Waals surface area contributed by atoms with Crippen LogP contribution in [0, 0.1) is 0 Å². The van der Waals surface area contributed by atoms with Crippen LogP contribution in [0.15, 0.2) is 77.8 Å². The first-order valence-corrected chi connectivity index (χ1v) is 12.4. The number of hydrogen-bond acceptors (Lipinski definition) is 3. The van der Waals surface area contributed by atoms with Gasteiger partial charge in [0.15, 0.2) is 5.88 Å². The van der Waals surface area contributed by atoms with E-state index in [0.29, 0.717) is 22.7 Å². The molecule has 5 heteroatoms. The third kappa shape index (κ3) is 4.61. The van der Waals surface area contributed by atoms with Gasteiger partial charge in [0.05, 0.1) is 22.5 Å². The van der Waals surface area contributed by atoms with E-state index in [1.165, 1.54) is 24.8 Å². The molecule has 34 heavy (non-hydrogen) atoms. The molecule has 4 nitrogen and oxygen atoms in total. The van der Waals surface area contributed by atoms with Crippen LogP contribution in [-0.4, -0.2) is 32.8 Å². The maximum Gasteiger partial charge on any atom is 0.199 e. The molecular formula is C29H30ClN3O. The minimum atomic E-state index is 0.0876. The number of aromatic amines is 1. The van der Waals surface area contributed by atoms with Crippen LogP contribution in [0.4, 0.5) is 5.69 Å². The summed E-state index contributed by atoms with van der Waals surface area (Å²) in [6.07, 6.45) is 3.86. The Hall–Kier alpha value is -3.08. The Morgan fingerprint density at radius 3 is 2.41 bits per heavy atom. The molecule has 1 aromatic heterocycles. The zero-order chi connectivity index (χ0) is 23.7. The molecule has 1 fully saturated rings. The Morgan fingerprint density at radius 2 is 1.71 bits per heavy atom. The van der Waals surface area contributed by atoms with Crippen LogP contribution >= 0.6 is 11.6 Å². The average Bonchev–Trinajstić information content (AvgIpc) is 3.16. The predicted molar refractivity (Wildman–Crippen MR) is 141 cm³/mol. The lowest BCUT2D eigenvalue weighted by molar-refractivity contribution is 0.0953. The highest BCUT2D eigenvalue weighted by atomic mass is 35.5. The number of benzene rings is 3. The van der Waals surface area contributed by atoms with E-state index in [4.69, 9.17) is 16.6 Å². The largest absolute Gasteiger partial charge is 0.494 e. The van der Waals surface area contributed by atoms with E-state index in [1.807, 2.05) is 48.5 Å². The van der Waals surface area contributed by atoms with E-state index in [1.54, 1.807) is 0 Å². The zero-order valence-electron chi connectivity index (χ0n) is 19.6. The van der Waals surface area contributed by atoms with Crippen LogP contribution in [0.5, 0.6) is 5.88 Å². The summed E-state index contributed by atoms with van der Waals surface area (Å²) in [5, 5.41) is 12.3. The lowest BCUT2D eigenvalue weighted by atomic mass is 9.96. The molecule has 0 aliphatic carbocycles. The molecule has 1 saturated heterocycles. The molecule has 0 amide bonds. The van der Waals surface area contributed by atoms with Crippen molar-refractivity contribution in [1.29, 1.82) is 0 Å². The van der Waals surface area contributed by atoms with Crippen molar-refractivity contribution in [1.82, 2.24) is 9.88 Å². The van der Waals surface area contributed by atoms with Crippen molar-refractivity contribution >= 4 is 33.9 Å². The number of halogens is 1. The summed E-state index contributed by atoms with van der Waals surface area (Å²) in [4.78, 5) is 10.7. The standard InChI is InChI=1S/C29H30ClN3O/c1-19-7-6-8-20(2)33(19)18-21-11-14-24(15-12-21)31-28(22-9-4-3-5-10-22)27-25-16-13-23(30)17-26(25)32-29(27)34/h3-5,9-17,19-20,32,34H,6-8,18H2,1-2H3. The van der Waals surface area contributed by atoms with Gasteiger partial charge in [-0.15, -0.1) is 0 Å². The fourth-order valence-corrected chi connectivity index (χ4v) is 5.23. The van der Waals surface area contributed by atoms with E-state index in [9.17, 15) is 5.11 Å². The molecule has 5 rings (SSSR count). The molecule has 2 N–H and O–H groups in total. The molecule has 3 aromatic carbocycles. The number of H-pyrrole nitrogens is 1. The van der Waals surface area contributed by atoms with Gasteiger partial charge in [-0.1, -0.05) is 66.6 Å². The summed E-state index contributed by atoms with van der Waals surface area (Å²) in [6.45, 7) is 5.63. The summed E-state index contributed by atoms with van der Waals surface area (Å²) < 4.78 is 0. The van der Waals surface area contributed by atoms with Gasteiger partial charge in [0.25, 0.3) is 0 Å². The monoisotopic (exact) mass is 471 g/mol. The number of nitrogens with zero attached hydrogens (tertiary/aromatic N) is 2. The molecule has 0 radical (unpaired) electrons. The van der Waals surface area contributed by atoms with Crippen LogP contribution in [-0.2, 0) is 6.54 Å². The van der Waals surface area contributed by atoms with Gasteiger partial charge in [-0.2, -0.15) is 0 Å². The van der Waals surface area contributed by atoms with Crippen molar-refractivity contribution < 1.29 is 5.11 Å². The summed E-state index contributed by atoms with van der Waals surface area (Å²) in [5.74, 6) is 0.0876. The van der Waals surface area contributed by atoms with E-state index >= 15 is 0 Å². The van der Waals surface area contributed by atoms with E-state index in [0.717, 1.165) is 34.4 Å². The van der Waals surface area contributed by atoms with Crippen LogP contribution in [0.2, 0.25) is 5.02 Å². The lowest BCUT2D eigenvalue weighted by Crippen LogP contribution is -2.42. The number of piperidine rings is 1. The molecule has 0 saturated carbocycles. The second kappa shape index (κ2) is 9.65. The molecule has 1 aliphatic heterocycles. The quantitative estimate of drug-likeness (QED) is 0.297. The summed E-state index contributed by atoms with van der Waals surface area (Å²) >= 11 is 6.17. The number of fused-ring (bicyclic) bond motifs is 1. The molecule has 2 heterocycles. The van der Waals surface area contributed by atoms with Crippen LogP contribution in [0.25, 0.3) is 10.9 Å². The number of hydrogen-bond donors (Lipinski definition) is 2. The van der Waals surface area contributed by atoms with E-state index in [2.05, 4.69) is 48.0 Å². The van der Waals surface area contributed by atoms with Gasteiger partial charge in [-0.25, -0.2) is 4.99 Å². The molecule has 174 valence electrons. The maximum absolute atomic E-state index is 10.8. The minimum Gasteiger partial charge on any atom is -0.494 e. The van der Waals surface area contributed by atoms with Crippen LogP contribution < -0.4 is 0 Å². The third-order valence-corrected chi connectivity index (χ3v) is 7.18. The SMILES string of the molecule is CC1CCCC(C)N1Cc1ccc(N=C(c2ccccc2)c2c(O)[nH]c3cc(Cl)ccc23)cc1. The third-order valence-electron chi connectivity index (χ3n) is 6.94. The normalized spacial score (nSPS) is 19.6. The van der Waals surface area contributed by atoms with Crippen molar-refractivity contribution in [2.45, 2.75) is 51.7 Å². The Morgan fingerprint density at radius 1 is 1.00 bits per heavy atom. The van der Waals surface area contributed by atoms with Gasteiger partial charge in [-0.3, -0.25) is 4.90 Å². The van der Waals surface area contributed by atoms with Gasteiger partial charge in [0.1, 0.15) is 0 Å². The summed E-state index contributed by atoms with van der Waals surface area (Å²) in [5.41, 5.74) is 5.27. The van der Waals surface area contributed by atoms with E-state index < -0.39 is 0 Å². The summed E-state index contributed by atoms with van der Waals surface area (Å²) in [7, 11) is 0. The predicted octanol–water partition coefficient (Wildman–Crippen LogP) is 7.46. The van der Waals surface area contributed by atoms with Crippen LogP contribution in [0.1, 0.15) is 49.8 Å². The number of rotatable bonds is 5. The number of nitrogens with one attached hydrogen (secondary N) is 1. The molecule has 1 aliphatic rings. The first kappa shape index (κ1) is 22.7. The number of aromatic hydroxyl groups is 1. The van der Waals surface area contributed by atoms with Crippen molar-refractivity contribution in [2.75, 3.05) is 0 Å². The maximum atomic E-state index is 10.8. The highest BCUT2D eigenvalue weighted by Crippen LogP contribution is 2.33. The van der Waals surface area contributed by atoms with Gasteiger partial charge < -0.3 is 10.1 Å². The van der Waals surface area contributed by atoms with Crippen molar-refractivity contribution in [3.05, 3.63) is 94.5 Å². The molecule has 4 aromatic rings. The average molecular weight is 472 g/mol. The van der Waals surface area contributed by atoms with Gasteiger partial charge >= 0.3 is 0 Å². The fraction of sp³-hybridized carbons (Fsp3) is 0.276. The fourth-order valence-electron chi connectivity index (χ4n) is 5.06. The number of likely N-dealkylation sites (tertiary alicyclic amines) is 1. The summed E-state index contributed by atoms with van der Waals surface area (Å²) in [6, 6.07) is 25.3. The van der Waals surface area contributed by atoms with Crippen molar-refractivity contribution in [3.63, 3.8) is 0 Å². The van der Waals surface area contributed by atoms with Crippen LogP contribution in [0.3, 0.4) is 0 Å². The molecule has 2 unspecified atom stereocenters. The molecule has 0 spiro atoms. The second-order valence-corrected chi connectivity index (χ2v) is 9.77. The Balaban J connectivity index is 1.52. The Kier molecular flexibility index (Phi) is 6.44. The Bertz CT molecular complexity index is 1300. The van der Waals surface area contributed by atoms with E-state index in [-0.39, 0.29) is 5.88 Å². The number of aromatic nitrogens is 1. The minimum absolute atomic E-state index is 0.0876. The molecular weight excluding hydrogens is 442 g/mol. The van der Waals surface area contributed by atoms with Crippen molar-refractivity contribution in [3.8, 4) is 5.88 Å². The topological polar surface area (TPSA) is 51.6 Å². The molecule has 2 atom stereocenters. The first-order valence-electron chi connectivity index (χ1n) is 12.0. The zero-order valence-corrected chi connectivity index (χ0v) is 20.4. The smallest absolute Gasteiger partial charge is 0.199 e. The second-order valence-electron chi connectivity index (χ2n) is 9.33. The highest BCUT2D eigenvalue weighted by molar-refractivity contribution is 6.31. The van der Waals surface area contributed by atoms with Crippen molar-refractivity contribution in [2.24, 2.45) is 4.99 Å².